The quantitative estimate of drug-likeness (QED) is 0.829. The first-order valence-corrected chi connectivity index (χ1v) is 10.3. The zero-order chi connectivity index (χ0) is 21.0. The van der Waals surface area contributed by atoms with Gasteiger partial charge in [-0.3, -0.25) is 9.59 Å². The van der Waals surface area contributed by atoms with E-state index in [1.54, 1.807) is 45.5 Å². The van der Waals surface area contributed by atoms with E-state index in [1.807, 2.05) is 26.8 Å². The predicted octanol–water partition coefficient (Wildman–Crippen LogP) is 3.69. The molecule has 1 N–H and O–H groups in total. The Morgan fingerprint density at radius 2 is 1.59 bits per heavy atom. The molecular weight excluding hydrogens is 390 g/mol. The molecule has 0 atom stereocenters. The Bertz CT molecular complexity index is 881. The van der Waals surface area contributed by atoms with E-state index in [0.717, 1.165) is 0 Å². The molecule has 2 heterocycles. The topological polar surface area (TPSA) is 79.0 Å². The lowest BCUT2D eigenvalue weighted by Gasteiger charge is -2.35. The number of carbonyl (C=O) groups is 3. The molecule has 3 amide bonds. The summed E-state index contributed by atoms with van der Waals surface area (Å²) in [6, 6.07) is 10.6. The van der Waals surface area contributed by atoms with E-state index in [4.69, 9.17) is 4.74 Å². The summed E-state index contributed by atoms with van der Waals surface area (Å²) in [7, 11) is 0. The number of amides is 3. The number of anilines is 1. The van der Waals surface area contributed by atoms with E-state index in [-0.39, 0.29) is 17.9 Å². The van der Waals surface area contributed by atoms with E-state index in [1.165, 1.54) is 11.3 Å². The van der Waals surface area contributed by atoms with Crippen molar-refractivity contribution in [3.8, 4) is 0 Å². The third-order valence-electron chi connectivity index (χ3n) is 4.36. The number of nitrogens with one attached hydrogen (secondary N) is 1. The Balaban J connectivity index is 1.60. The molecule has 8 heteroatoms. The molecule has 0 saturated carbocycles. The number of benzene rings is 1. The van der Waals surface area contributed by atoms with E-state index in [2.05, 4.69) is 5.32 Å². The summed E-state index contributed by atoms with van der Waals surface area (Å²) >= 11 is 1.29. The van der Waals surface area contributed by atoms with Crippen LogP contribution in [0.3, 0.4) is 0 Å². The lowest BCUT2D eigenvalue weighted by Crippen LogP contribution is -2.51. The first-order valence-electron chi connectivity index (χ1n) is 9.46. The number of thiophene rings is 1. The van der Waals surface area contributed by atoms with Crippen molar-refractivity contribution in [2.24, 2.45) is 0 Å². The Labute approximate surface area is 174 Å². The summed E-state index contributed by atoms with van der Waals surface area (Å²) in [6.45, 7) is 7.14. The maximum atomic E-state index is 13.0. The number of piperazine rings is 1. The second-order valence-electron chi connectivity index (χ2n) is 7.74. The van der Waals surface area contributed by atoms with Crippen LogP contribution in [0.5, 0.6) is 0 Å². The minimum absolute atomic E-state index is 0.146. The molecule has 29 heavy (non-hydrogen) atoms. The van der Waals surface area contributed by atoms with Crippen LogP contribution in [0.2, 0.25) is 0 Å². The van der Waals surface area contributed by atoms with Gasteiger partial charge in [-0.1, -0.05) is 18.2 Å². The molecule has 0 aliphatic carbocycles. The molecule has 1 aliphatic rings. The lowest BCUT2D eigenvalue weighted by molar-refractivity contribution is 0.0141. The summed E-state index contributed by atoms with van der Waals surface area (Å²) in [6.07, 6.45) is -0.364. The predicted molar refractivity (Wildman–Crippen MR) is 112 cm³/mol. The molecule has 0 unspecified atom stereocenters. The van der Waals surface area contributed by atoms with Crippen molar-refractivity contribution >= 4 is 34.9 Å². The van der Waals surface area contributed by atoms with Crippen molar-refractivity contribution in [1.29, 1.82) is 0 Å². The average molecular weight is 416 g/mol. The summed E-state index contributed by atoms with van der Waals surface area (Å²) < 4.78 is 5.39. The molecular formula is C21H25N3O4S. The zero-order valence-electron chi connectivity index (χ0n) is 16.8. The monoisotopic (exact) mass is 415 g/mol. The van der Waals surface area contributed by atoms with Crippen molar-refractivity contribution in [2.75, 3.05) is 31.5 Å². The Kier molecular flexibility index (Phi) is 6.22. The number of hydrogen-bond acceptors (Lipinski definition) is 5. The molecule has 2 aromatic rings. The molecule has 1 aromatic heterocycles. The molecule has 1 aromatic carbocycles. The Morgan fingerprint density at radius 1 is 0.966 bits per heavy atom. The van der Waals surface area contributed by atoms with Crippen LogP contribution in [-0.4, -0.2) is 59.5 Å². The minimum Gasteiger partial charge on any atom is -0.444 e. The molecule has 1 aliphatic heterocycles. The van der Waals surface area contributed by atoms with Crippen LogP contribution in [0, 0.1) is 0 Å². The first kappa shape index (κ1) is 20.9. The highest BCUT2D eigenvalue weighted by Gasteiger charge is 2.29. The maximum Gasteiger partial charge on any atom is 0.410 e. The minimum atomic E-state index is -0.549. The van der Waals surface area contributed by atoms with Gasteiger partial charge in [0.1, 0.15) is 10.5 Å². The van der Waals surface area contributed by atoms with Gasteiger partial charge in [-0.25, -0.2) is 4.79 Å². The van der Waals surface area contributed by atoms with Gasteiger partial charge in [-0.05, 0) is 44.4 Å². The normalized spacial score (nSPS) is 14.4. The summed E-state index contributed by atoms with van der Waals surface area (Å²) in [4.78, 5) is 41.3. The highest BCUT2D eigenvalue weighted by molar-refractivity contribution is 7.12. The molecule has 7 nitrogen and oxygen atoms in total. The van der Waals surface area contributed by atoms with E-state index >= 15 is 0 Å². The highest BCUT2D eigenvalue weighted by Crippen LogP contribution is 2.25. The molecule has 0 spiro atoms. The SMILES string of the molecule is CC(C)(C)OC(=O)N1CCN(C(=O)c2sccc2NC(=O)c2ccccc2)CC1. The largest absolute Gasteiger partial charge is 0.444 e. The summed E-state index contributed by atoms with van der Waals surface area (Å²) in [5, 5.41) is 4.60. The van der Waals surface area contributed by atoms with Crippen LogP contribution in [0.1, 0.15) is 40.8 Å². The number of nitrogens with zero attached hydrogens (tertiary/aromatic N) is 2. The van der Waals surface area contributed by atoms with Gasteiger partial charge in [-0.2, -0.15) is 0 Å². The first-order chi connectivity index (χ1) is 13.7. The fourth-order valence-corrected chi connectivity index (χ4v) is 3.74. The van der Waals surface area contributed by atoms with Gasteiger partial charge in [0.05, 0.1) is 5.69 Å². The molecule has 0 bridgehead atoms. The molecule has 1 fully saturated rings. The van der Waals surface area contributed by atoms with Crippen LogP contribution in [-0.2, 0) is 4.74 Å². The van der Waals surface area contributed by atoms with Crippen LogP contribution in [0.4, 0.5) is 10.5 Å². The Morgan fingerprint density at radius 3 is 2.21 bits per heavy atom. The van der Waals surface area contributed by atoms with Gasteiger partial charge >= 0.3 is 6.09 Å². The summed E-state index contributed by atoms with van der Waals surface area (Å²) in [5.41, 5.74) is 0.485. The average Bonchev–Trinajstić information content (AvgIpc) is 3.15. The standard InChI is InChI=1S/C21H25N3O4S/c1-21(2,3)28-20(27)24-12-10-23(11-13-24)19(26)17-16(9-14-29-17)22-18(25)15-7-5-4-6-8-15/h4-9,14H,10-13H2,1-3H3,(H,22,25). The van der Waals surface area contributed by atoms with Gasteiger partial charge < -0.3 is 19.9 Å². The van der Waals surface area contributed by atoms with Crippen LogP contribution < -0.4 is 5.32 Å². The van der Waals surface area contributed by atoms with E-state index in [0.29, 0.717) is 42.3 Å². The van der Waals surface area contributed by atoms with Crippen molar-refractivity contribution < 1.29 is 19.1 Å². The third-order valence-corrected chi connectivity index (χ3v) is 5.26. The van der Waals surface area contributed by atoms with Crippen molar-refractivity contribution in [3.63, 3.8) is 0 Å². The molecule has 154 valence electrons. The fraction of sp³-hybridized carbons (Fsp3) is 0.381. The molecule has 3 rings (SSSR count). The van der Waals surface area contributed by atoms with Crippen LogP contribution >= 0.6 is 11.3 Å². The van der Waals surface area contributed by atoms with E-state index in [9.17, 15) is 14.4 Å². The lowest BCUT2D eigenvalue weighted by atomic mass is 10.2. The van der Waals surface area contributed by atoms with Crippen LogP contribution in [0.15, 0.2) is 41.8 Å². The zero-order valence-corrected chi connectivity index (χ0v) is 17.6. The third kappa shape index (κ3) is 5.35. The van der Waals surface area contributed by atoms with Gasteiger partial charge in [0, 0.05) is 31.7 Å². The van der Waals surface area contributed by atoms with Crippen molar-refractivity contribution in [1.82, 2.24) is 9.80 Å². The van der Waals surface area contributed by atoms with E-state index < -0.39 is 5.60 Å². The molecule has 1 saturated heterocycles. The fourth-order valence-electron chi connectivity index (χ4n) is 2.92. The second kappa shape index (κ2) is 8.65. The highest BCUT2D eigenvalue weighted by atomic mass is 32.1. The van der Waals surface area contributed by atoms with Gasteiger partial charge in [0.2, 0.25) is 0 Å². The van der Waals surface area contributed by atoms with Gasteiger partial charge in [0.25, 0.3) is 11.8 Å². The number of ether oxygens (including phenoxy) is 1. The van der Waals surface area contributed by atoms with Gasteiger partial charge in [0.15, 0.2) is 0 Å². The van der Waals surface area contributed by atoms with Gasteiger partial charge in [-0.15, -0.1) is 11.3 Å². The number of carbonyl (C=O) groups excluding carboxylic acids is 3. The maximum absolute atomic E-state index is 13.0. The van der Waals surface area contributed by atoms with Crippen molar-refractivity contribution in [3.05, 3.63) is 52.2 Å². The molecule has 0 radical (unpaired) electrons. The number of hydrogen-bond donors (Lipinski definition) is 1. The smallest absolute Gasteiger partial charge is 0.410 e. The van der Waals surface area contributed by atoms with Crippen molar-refractivity contribution in [2.45, 2.75) is 26.4 Å². The number of rotatable bonds is 3. The second-order valence-corrected chi connectivity index (χ2v) is 8.66. The summed E-state index contributed by atoms with van der Waals surface area (Å²) in [5.74, 6) is -0.403. The Hall–Kier alpha value is -2.87. The van der Waals surface area contributed by atoms with Crippen LogP contribution in [0.25, 0.3) is 0 Å².